The Bertz CT molecular complexity index is 2160. The van der Waals surface area contributed by atoms with E-state index in [4.69, 9.17) is 4.74 Å². The van der Waals surface area contributed by atoms with Gasteiger partial charge in [-0.2, -0.15) is 0 Å². The zero-order chi connectivity index (χ0) is 42.6. The molecule has 2 aromatic heterocycles. The van der Waals surface area contributed by atoms with Gasteiger partial charge >= 0.3 is 18.5 Å². The summed E-state index contributed by atoms with van der Waals surface area (Å²) in [6, 6.07) is 9.48. The zero-order valence-corrected chi connectivity index (χ0v) is 33.0. The van der Waals surface area contributed by atoms with Crippen molar-refractivity contribution in [3.05, 3.63) is 78.1 Å². The predicted octanol–water partition coefficient (Wildman–Crippen LogP) is 6.32. The summed E-state index contributed by atoms with van der Waals surface area (Å²) in [5.41, 5.74) is 0.649. The minimum Gasteiger partial charge on any atom is -0.453 e. The van der Waals surface area contributed by atoms with Crippen LogP contribution < -0.4 is 25.6 Å². The molecule has 0 bridgehead atoms. The SMILES string of the molecule is CNC(=O)N1CCN(c2ccc(C(=O)Nc3cc(OC(F)(F)F)c(-c4ccc(-c5cnc([C@@H]6CCCN6C(=O)[C@@H](NC(=O)OC)C(C)C)[nH]5)cc4)cc3F)cn2)[C@H](C)C1. The van der Waals surface area contributed by atoms with E-state index in [0.717, 1.165) is 18.6 Å². The van der Waals surface area contributed by atoms with Crippen molar-refractivity contribution < 1.29 is 46.2 Å². The number of H-pyrrole nitrogens is 1. The van der Waals surface area contributed by atoms with Crippen molar-refractivity contribution in [1.29, 1.82) is 0 Å². The number of methoxy groups -OCH3 is 1. The number of rotatable bonds is 10. The number of nitrogens with zero attached hydrogens (tertiary/aromatic N) is 5. The molecule has 4 heterocycles. The molecule has 3 atom stereocenters. The minimum atomic E-state index is -5.14. The van der Waals surface area contributed by atoms with Gasteiger partial charge in [0.25, 0.3) is 5.91 Å². The van der Waals surface area contributed by atoms with Crippen molar-refractivity contribution in [2.75, 3.05) is 50.6 Å². The van der Waals surface area contributed by atoms with Gasteiger partial charge in [-0.25, -0.2) is 23.9 Å². The van der Waals surface area contributed by atoms with Gasteiger partial charge in [0, 0.05) is 57.1 Å². The Morgan fingerprint density at radius 1 is 0.966 bits per heavy atom. The lowest BCUT2D eigenvalue weighted by atomic mass is 10.0. The van der Waals surface area contributed by atoms with Crippen molar-refractivity contribution in [2.45, 2.75) is 58.1 Å². The molecule has 2 fully saturated rings. The highest BCUT2D eigenvalue weighted by atomic mass is 19.4. The number of aromatic nitrogens is 3. The van der Waals surface area contributed by atoms with Crippen LogP contribution in [0.5, 0.6) is 5.75 Å². The van der Waals surface area contributed by atoms with Gasteiger partial charge in [0.05, 0.1) is 36.3 Å². The second kappa shape index (κ2) is 17.6. The average Bonchev–Trinajstić information content (AvgIpc) is 3.91. The first-order valence-electron chi connectivity index (χ1n) is 19.0. The van der Waals surface area contributed by atoms with Gasteiger partial charge in [0.15, 0.2) is 0 Å². The van der Waals surface area contributed by atoms with Gasteiger partial charge in [-0.1, -0.05) is 38.1 Å². The molecule has 4 N–H and O–H groups in total. The molecule has 2 aliphatic heterocycles. The maximum atomic E-state index is 15.6. The molecule has 0 saturated carbocycles. The third-order valence-electron chi connectivity index (χ3n) is 10.3. The number of benzene rings is 2. The number of imidazole rings is 1. The maximum absolute atomic E-state index is 15.6. The number of alkyl halides is 3. The van der Waals surface area contributed by atoms with Crippen molar-refractivity contribution in [3.8, 4) is 28.1 Å². The second-order valence-corrected chi connectivity index (χ2v) is 14.6. The summed E-state index contributed by atoms with van der Waals surface area (Å²) in [6.45, 7) is 7.46. The predicted molar refractivity (Wildman–Crippen MR) is 209 cm³/mol. The van der Waals surface area contributed by atoms with Gasteiger partial charge < -0.3 is 45.1 Å². The number of hydrogen-bond acceptors (Lipinski definition) is 9. The Balaban J connectivity index is 1.17. The topological polar surface area (TPSA) is 174 Å². The van der Waals surface area contributed by atoms with E-state index < -0.39 is 41.7 Å². The first-order chi connectivity index (χ1) is 28.1. The van der Waals surface area contributed by atoms with E-state index in [-0.39, 0.29) is 46.6 Å². The summed E-state index contributed by atoms with van der Waals surface area (Å²) in [4.78, 5) is 68.1. The van der Waals surface area contributed by atoms with E-state index in [2.05, 4.69) is 35.6 Å². The number of alkyl carbamates (subject to hydrolysis) is 1. The Morgan fingerprint density at radius 2 is 1.69 bits per heavy atom. The molecule has 4 aromatic rings. The third-order valence-corrected chi connectivity index (χ3v) is 10.3. The zero-order valence-electron chi connectivity index (χ0n) is 33.0. The number of carbonyl (C=O) groups is 4. The average molecular weight is 824 g/mol. The fraction of sp³-hybridized carbons (Fsp3) is 0.400. The molecule has 314 valence electrons. The molecule has 0 spiro atoms. The van der Waals surface area contributed by atoms with Crippen LogP contribution in [0.3, 0.4) is 0 Å². The molecule has 19 heteroatoms. The van der Waals surface area contributed by atoms with Crippen LogP contribution in [0.15, 0.2) is 60.9 Å². The molecule has 0 radical (unpaired) electrons. The Kier molecular flexibility index (Phi) is 12.6. The van der Waals surface area contributed by atoms with E-state index in [0.29, 0.717) is 55.5 Å². The molecule has 5 amide bonds. The number of ether oxygens (including phenoxy) is 2. The lowest BCUT2D eigenvalue weighted by molar-refractivity contribution is -0.274. The Labute approximate surface area is 337 Å². The number of likely N-dealkylation sites (tertiary alicyclic amines) is 1. The number of nitrogens with one attached hydrogen (secondary N) is 4. The molecule has 2 saturated heterocycles. The Morgan fingerprint density at radius 3 is 2.32 bits per heavy atom. The van der Waals surface area contributed by atoms with Crippen LogP contribution in [0, 0.1) is 11.7 Å². The summed E-state index contributed by atoms with van der Waals surface area (Å²) in [6.07, 6.45) is -1.64. The molecule has 59 heavy (non-hydrogen) atoms. The molecular weight excluding hydrogens is 778 g/mol. The van der Waals surface area contributed by atoms with Crippen molar-refractivity contribution >= 4 is 35.4 Å². The number of carbonyl (C=O) groups excluding carboxylic acids is 4. The number of hydrogen-bond donors (Lipinski definition) is 4. The van der Waals surface area contributed by atoms with Gasteiger partial charge in [0.2, 0.25) is 5.91 Å². The summed E-state index contributed by atoms with van der Waals surface area (Å²) >= 11 is 0. The van der Waals surface area contributed by atoms with Crippen molar-refractivity contribution in [2.24, 2.45) is 5.92 Å². The van der Waals surface area contributed by atoms with E-state index in [1.807, 2.05) is 25.7 Å². The molecule has 2 aliphatic rings. The molecule has 15 nitrogen and oxygen atoms in total. The first-order valence-corrected chi connectivity index (χ1v) is 19.0. The van der Waals surface area contributed by atoms with Crippen LogP contribution >= 0.6 is 0 Å². The fourth-order valence-corrected chi connectivity index (χ4v) is 7.28. The van der Waals surface area contributed by atoms with Gasteiger partial charge in [-0.3, -0.25) is 9.59 Å². The van der Waals surface area contributed by atoms with Crippen LogP contribution in [0.25, 0.3) is 22.4 Å². The number of urea groups is 1. The van der Waals surface area contributed by atoms with E-state index in [9.17, 15) is 32.3 Å². The van der Waals surface area contributed by atoms with Crippen LogP contribution in [0.4, 0.5) is 38.7 Å². The highest BCUT2D eigenvalue weighted by Gasteiger charge is 2.38. The molecule has 0 unspecified atom stereocenters. The highest BCUT2D eigenvalue weighted by molar-refractivity contribution is 6.04. The van der Waals surface area contributed by atoms with E-state index >= 15 is 4.39 Å². The second-order valence-electron chi connectivity index (χ2n) is 14.6. The third kappa shape index (κ3) is 9.67. The van der Waals surface area contributed by atoms with Crippen LogP contribution in [-0.4, -0.2) is 107 Å². The lowest BCUT2D eigenvalue weighted by Crippen LogP contribution is -2.55. The standard InChI is InChI=1S/C40H45F4N9O6/c1-22(2)34(50-39(57)58-5)37(55)53-14-6-7-31(53)35-47-20-30(48-35)25-10-8-24(9-11-25)27-17-28(41)29(18-32(27)59-40(42,43)44)49-36(54)26-12-13-33(46-19-26)52-16-15-51(21-23(52)3)38(56)45-4/h8-13,17-20,22-23,31,34H,6-7,14-16,21H2,1-5H3,(H,45,56)(H,47,48)(H,49,54)(H,50,57)/t23-,31+,34+/m1/s1. The summed E-state index contributed by atoms with van der Waals surface area (Å²) in [7, 11) is 2.78. The van der Waals surface area contributed by atoms with Crippen LogP contribution in [0.1, 0.15) is 55.8 Å². The number of piperazine rings is 1. The Hall–Kier alpha value is -6.40. The van der Waals surface area contributed by atoms with E-state index in [1.54, 1.807) is 41.2 Å². The number of pyridine rings is 1. The maximum Gasteiger partial charge on any atom is 0.573 e. The molecule has 2 aromatic carbocycles. The summed E-state index contributed by atoms with van der Waals surface area (Å²) in [5, 5.41) is 7.54. The van der Waals surface area contributed by atoms with Gasteiger partial charge in [0.1, 0.15) is 29.3 Å². The van der Waals surface area contributed by atoms with Crippen LogP contribution in [-0.2, 0) is 9.53 Å². The van der Waals surface area contributed by atoms with E-state index in [1.165, 1.54) is 31.5 Å². The normalized spacial score (nSPS) is 17.4. The van der Waals surface area contributed by atoms with Crippen LogP contribution in [0.2, 0.25) is 0 Å². The number of halogens is 4. The quantitative estimate of drug-likeness (QED) is 0.134. The van der Waals surface area contributed by atoms with Gasteiger partial charge in [-0.05, 0) is 55.0 Å². The fourth-order valence-electron chi connectivity index (χ4n) is 7.28. The first kappa shape index (κ1) is 42.2. The monoisotopic (exact) mass is 823 g/mol. The summed E-state index contributed by atoms with van der Waals surface area (Å²) < 4.78 is 65.5. The largest absolute Gasteiger partial charge is 0.573 e. The summed E-state index contributed by atoms with van der Waals surface area (Å²) in [5.74, 6) is -1.95. The van der Waals surface area contributed by atoms with Crippen molar-refractivity contribution in [3.63, 3.8) is 0 Å². The smallest absolute Gasteiger partial charge is 0.453 e. The molecule has 0 aliphatic carbocycles. The highest BCUT2D eigenvalue weighted by Crippen LogP contribution is 2.39. The molecular formula is C40H45F4N9O6. The molecule has 6 rings (SSSR count). The van der Waals surface area contributed by atoms with Gasteiger partial charge in [-0.15, -0.1) is 13.2 Å². The lowest BCUT2D eigenvalue weighted by Gasteiger charge is -2.40. The number of amides is 5. The number of aromatic amines is 1. The van der Waals surface area contributed by atoms with Crippen molar-refractivity contribution in [1.82, 2.24) is 35.4 Å². The number of anilines is 2. The minimum absolute atomic E-state index is 0.0345.